The summed E-state index contributed by atoms with van der Waals surface area (Å²) >= 11 is 0. The third-order valence-corrected chi connectivity index (χ3v) is 1.72. The van der Waals surface area contributed by atoms with Crippen molar-refractivity contribution in [3.8, 4) is 0 Å². The van der Waals surface area contributed by atoms with Gasteiger partial charge in [0, 0.05) is 6.92 Å². The molecule has 0 atom stereocenters. The molecule has 0 aliphatic heterocycles. The van der Waals surface area contributed by atoms with Gasteiger partial charge in [-0.25, -0.2) is 0 Å². The van der Waals surface area contributed by atoms with Crippen molar-refractivity contribution in [3.63, 3.8) is 0 Å². The maximum atomic E-state index is 10.5. The van der Waals surface area contributed by atoms with E-state index in [4.69, 9.17) is 0 Å². The molecule has 1 aromatic heterocycles. The lowest BCUT2D eigenvalue weighted by Crippen LogP contribution is -2.10. The number of aldehydes is 1. The molecule has 0 fully saturated rings. The van der Waals surface area contributed by atoms with E-state index in [0.717, 1.165) is 6.20 Å². The topological polar surface area (TPSA) is 104 Å². The Morgan fingerprint density at radius 2 is 2.44 bits per heavy atom. The fourth-order valence-corrected chi connectivity index (χ4v) is 1.06. The van der Waals surface area contributed by atoms with Crippen LogP contribution in [0.15, 0.2) is 6.20 Å². The predicted molar refractivity (Wildman–Crippen MR) is 50.9 cm³/mol. The second kappa shape index (κ2) is 5.01. The summed E-state index contributed by atoms with van der Waals surface area (Å²) in [5.74, 6) is -0.939. The number of nitrogens with zero attached hydrogens (tertiary/aromatic N) is 3. The first-order valence-electron chi connectivity index (χ1n) is 4.34. The van der Waals surface area contributed by atoms with Gasteiger partial charge in [0.2, 0.25) is 6.29 Å². The summed E-state index contributed by atoms with van der Waals surface area (Å²) in [5, 5.41) is 10.4. The fourth-order valence-electron chi connectivity index (χ4n) is 1.06. The Labute approximate surface area is 90.0 Å². The zero-order valence-corrected chi connectivity index (χ0v) is 8.45. The highest BCUT2D eigenvalue weighted by Crippen LogP contribution is 2.09. The smallest absolute Gasteiger partial charge is 0.382 e. The lowest BCUT2D eigenvalue weighted by molar-refractivity contribution is -0.389. The third kappa shape index (κ3) is 2.87. The summed E-state index contributed by atoms with van der Waals surface area (Å²) < 4.78 is 5.90. The Morgan fingerprint density at radius 1 is 1.75 bits per heavy atom. The first-order chi connectivity index (χ1) is 7.54. The van der Waals surface area contributed by atoms with Crippen molar-refractivity contribution in [3.05, 3.63) is 22.1 Å². The molecule has 1 aromatic rings. The van der Waals surface area contributed by atoms with Crippen LogP contribution in [0.25, 0.3) is 0 Å². The molecule has 0 aromatic carbocycles. The molecule has 0 N–H and O–H groups in total. The van der Waals surface area contributed by atoms with E-state index >= 15 is 0 Å². The summed E-state index contributed by atoms with van der Waals surface area (Å²) in [6, 6.07) is 0. The first kappa shape index (κ1) is 11.8. The zero-order chi connectivity index (χ0) is 12.1. The minimum absolute atomic E-state index is 0.0314. The van der Waals surface area contributed by atoms with E-state index in [-0.39, 0.29) is 19.0 Å². The van der Waals surface area contributed by atoms with Gasteiger partial charge in [-0.05, 0) is 9.91 Å². The van der Waals surface area contributed by atoms with Crippen LogP contribution < -0.4 is 0 Å². The molecule has 0 radical (unpaired) electrons. The van der Waals surface area contributed by atoms with Crippen LogP contribution in [0, 0.1) is 10.1 Å². The summed E-state index contributed by atoms with van der Waals surface area (Å²) in [4.78, 5) is 34.2. The molecule has 8 heteroatoms. The van der Waals surface area contributed by atoms with Crippen LogP contribution in [0.4, 0.5) is 5.82 Å². The van der Waals surface area contributed by atoms with Crippen LogP contribution in [0.5, 0.6) is 0 Å². The first-order valence-corrected chi connectivity index (χ1v) is 4.34. The molecule has 0 aliphatic carbocycles. The zero-order valence-electron chi connectivity index (χ0n) is 8.45. The Balaban J connectivity index is 2.74. The lowest BCUT2D eigenvalue weighted by atomic mass is 10.6. The third-order valence-electron chi connectivity index (χ3n) is 1.72. The minimum Gasteiger partial charge on any atom is -0.464 e. The van der Waals surface area contributed by atoms with E-state index in [9.17, 15) is 19.7 Å². The highest BCUT2D eigenvalue weighted by atomic mass is 16.6. The quantitative estimate of drug-likeness (QED) is 0.307. The molecule has 0 saturated heterocycles. The van der Waals surface area contributed by atoms with E-state index in [1.807, 2.05) is 0 Å². The maximum absolute atomic E-state index is 10.5. The molecule has 0 saturated carbocycles. The standard InChI is InChI=1S/C8H9N3O5/c1-6(13)16-3-2-10-4-7(11(14)15)9-8(10)5-12/h4-5H,2-3H2,1H3. The molecule has 0 unspecified atom stereocenters. The van der Waals surface area contributed by atoms with Crippen molar-refractivity contribution in [2.45, 2.75) is 13.5 Å². The normalized spacial score (nSPS) is 9.81. The average molecular weight is 227 g/mol. The largest absolute Gasteiger partial charge is 0.464 e. The highest BCUT2D eigenvalue weighted by Gasteiger charge is 2.17. The molecule has 16 heavy (non-hydrogen) atoms. The Bertz CT molecular complexity index is 425. The minimum atomic E-state index is -0.699. The van der Waals surface area contributed by atoms with Gasteiger partial charge < -0.3 is 14.9 Å². The SMILES string of the molecule is CC(=O)OCCn1cc([N+](=O)[O-])nc1C=O. The van der Waals surface area contributed by atoms with Crippen molar-refractivity contribution < 1.29 is 19.2 Å². The molecular weight excluding hydrogens is 218 g/mol. The monoisotopic (exact) mass is 227 g/mol. The number of rotatable bonds is 5. The second-order valence-corrected chi connectivity index (χ2v) is 2.87. The Hall–Kier alpha value is -2.25. The summed E-state index contributed by atoms with van der Waals surface area (Å²) in [5.41, 5.74) is 0. The van der Waals surface area contributed by atoms with Gasteiger partial charge in [-0.2, -0.15) is 0 Å². The van der Waals surface area contributed by atoms with Gasteiger partial charge in [0.25, 0.3) is 5.82 Å². The molecule has 0 aliphatic rings. The fraction of sp³-hybridized carbons (Fsp3) is 0.375. The van der Waals surface area contributed by atoms with Crippen molar-refractivity contribution in [2.24, 2.45) is 0 Å². The predicted octanol–water partition coefficient (Wildman–Crippen LogP) is 0.167. The molecule has 1 heterocycles. The van der Waals surface area contributed by atoms with Crippen molar-refractivity contribution in [1.82, 2.24) is 9.55 Å². The second-order valence-electron chi connectivity index (χ2n) is 2.87. The number of hydrogen-bond acceptors (Lipinski definition) is 6. The van der Waals surface area contributed by atoms with Gasteiger partial charge in [-0.3, -0.25) is 14.2 Å². The van der Waals surface area contributed by atoms with Gasteiger partial charge in [0.15, 0.2) is 0 Å². The van der Waals surface area contributed by atoms with Crippen molar-refractivity contribution >= 4 is 18.1 Å². The number of imidazole rings is 1. The lowest BCUT2D eigenvalue weighted by Gasteiger charge is -2.01. The van der Waals surface area contributed by atoms with Crippen LogP contribution in [0.2, 0.25) is 0 Å². The van der Waals surface area contributed by atoms with Crippen molar-refractivity contribution in [1.29, 1.82) is 0 Å². The van der Waals surface area contributed by atoms with E-state index < -0.39 is 16.7 Å². The average Bonchev–Trinajstić information content (AvgIpc) is 2.60. The number of carbonyl (C=O) groups is 2. The van der Waals surface area contributed by atoms with E-state index in [2.05, 4.69) is 9.72 Å². The number of aromatic nitrogens is 2. The molecule has 8 nitrogen and oxygen atoms in total. The Kier molecular flexibility index (Phi) is 3.70. The number of esters is 1. The van der Waals surface area contributed by atoms with Gasteiger partial charge in [0.05, 0.1) is 6.54 Å². The van der Waals surface area contributed by atoms with Crippen molar-refractivity contribution in [2.75, 3.05) is 6.61 Å². The highest BCUT2D eigenvalue weighted by molar-refractivity contribution is 5.70. The van der Waals surface area contributed by atoms with E-state index in [1.54, 1.807) is 0 Å². The van der Waals surface area contributed by atoms with E-state index in [1.165, 1.54) is 11.5 Å². The molecule has 0 spiro atoms. The number of nitro groups is 1. The molecule has 86 valence electrons. The summed E-state index contributed by atoms with van der Waals surface area (Å²) in [7, 11) is 0. The number of carbonyl (C=O) groups excluding carboxylic acids is 2. The van der Waals surface area contributed by atoms with Gasteiger partial charge in [-0.15, -0.1) is 0 Å². The van der Waals surface area contributed by atoms with Gasteiger partial charge >= 0.3 is 11.8 Å². The van der Waals surface area contributed by atoms with Crippen LogP contribution in [0.1, 0.15) is 17.5 Å². The van der Waals surface area contributed by atoms with Gasteiger partial charge in [0.1, 0.15) is 12.8 Å². The summed E-state index contributed by atoms with van der Waals surface area (Å²) in [6.45, 7) is 1.43. The number of hydrogen-bond donors (Lipinski definition) is 0. The molecular formula is C8H9N3O5. The van der Waals surface area contributed by atoms with Gasteiger partial charge in [-0.1, -0.05) is 0 Å². The van der Waals surface area contributed by atoms with Crippen LogP contribution in [0.3, 0.4) is 0 Å². The van der Waals surface area contributed by atoms with Crippen LogP contribution >= 0.6 is 0 Å². The maximum Gasteiger partial charge on any atom is 0.382 e. The molecule has 1 rings (SSSR count). The molecule has 0 bridgehead atoms. The summed E-state index contributed by atoms with van der Waals surface area (Å²) in [6.07, 6.45) is 1.52. The van der Waals surface area contributed by atoms with Crippen LogP contribution in [-0.2, 0) is 16.1 Å². The Morgan fingerprint density at radius 3 is 2.94 bits per heavy atom. The van der Waals surface area contributed by atoms with Crippen LogP contribution in [-0.4, -0.2) is 33.3 Å². The molecule has 0 amide bonds. The number of ether oxygens (including phenoxy) is 1. The van der Waals surface area contributed by atoms with E-state index in [0.29, 0.717) is 6.29 Å².